The number of ether oxygens (including phenoxy) is 2. The third-order valence-corrected chi connectivity index (χ3v) is 1.51. The van der Waals surface area contributed by atoms with Crippen molar-refractivity contribution in [1.29, 1.82) is 0 Å². The zero-order valence-electron chi connectivity index (χ0n) is 6.43. The summed E-state index contributed by atoms with van der Waals surface area (Å²) in [6.07, 6.45) is 2.89. The van der Waals surface area contributed by atoms with Crippen LogP contribution in [0.2, 0.25) is 0 Å². The summed E-state index contributed by atoms with van der Waals surface area (Å²) in [7, 11) is 0. The molecular formula is C8H14O2. The second kappa shape index (κ2) is 3.62. The molecule has 1 heterocycles. The van der Waals surface area contributed by atoms with Gasteiger partial charge in [0.15, 0.2) is 6.29 Å². The molecule has 2 heteroatoms. The van der Waals surface area contributed by atoms with Crippen LogP contribution in [0.15, 0.2) is 12.3 Å². The predicted octanol–water partition coefficient (Wildman–Crippen LogP) is 2.06. The first-order valence-corrected chi connectivity index (χ1v) is 3.79. The van der Waals surface area contributed by atoms with Crippen LogP contribution in [0.1, 0.15) is 26.2 Å². The largest absolute Gasteiger partial charge is 0.470 e. The molecule has 0 aromatic rings. The van der Waals surface area contributed by atoms with E-state index in [0.29, 0.717) is 0 Å². The first-order valence-electron chi connectivity index (χ1n) is 3.79. The van der Waals surface area contributed by atoms with Gasteiger partial charge in [0.05, 0.1) is 12.4 Å². The van der Waals surface area contributed by atoms with Crippen molar-refractivity contribution in [3.8, 4) is 0 Å². The minimum Gasteiger partial charge on any atom is -0.470 e. The monoisotopic (exact) mass is 142 g/mol. The maximum Gasteiger partial charge on any atom is 0.199 e. The van der Waals surface area contributed by atoms with Gasteiger partial charge in [-0.1, -0.05) is 19.9 Å². The molecule has 0 aromatic heterocycles. The lowest BCUT2D eigenvalue weighted by atomic mass is 10.3. The first-order chi connectivity index (χ1) is 4.83. The van der Waals surface area contributed by atoms with Crippen LogP contribution in [0.3, 0.4) is 0 Å². The zero-order valence-corrected chi connectivity index (χ0v) is 6.43. The van der Waals surface area contributed by atoms with E-state index in [-0.39, 0.29) is 6.29 Å². The van der Waals surface area contributed by atoms with Crippen LogP contribution in [-0.4, -0.2) is 12.9 Å². The SMILES string of the molecule is C=C1CCOC(CCC)O1. The van der Waals surface area contributed by atoms with Gasteiger partial charge in [-0.3, -0.25) is 0 Å². The third-order valence-electron chi connectivity index (χ3n) is 1.51. The molecule has 0 saturated carbocycles. The Labute approximate surface area is 61.8 Å². The number of hydrogen-bond donors (Lipinski definition) is 0. The van der Waals surface area contributed by atoms with Crippen LogP contribution < -0.4 is 0 Å². The normalized spacial score (nSPS) is 26.1. The van der Waals surface area contributed by atoms with E-state index in [0.717, 1.165) is 31.6 Å². The van der Waals surface area contributed by atoms with Gasteiger partial charge in [0.25, 0.3) is 0 Å². The highest BCUT2D eigenvalue weighted by atomic mass is 16.7. The minimum absolute atomic E-state index is 0.0220. The van der Waals surface area contributed by atoms with Gasteiger partial charge >= 0.3 is 0 Å². The molecule has 10 heavy (non-hydrogen) atoms. The summed E-state index contributed by atoms with van der Waals surface area (Å²) in [6.45, 7) is 6.63. The summed E-state index contributed by atoms with van der Waals surface area (Å²) in [4.78, 5) is 0. The van der Waals surface area contributed by atoms with Crippen LogP contribution in [0.25, 0.3) is 0 Å². The molecule has 2 nitrogen and oxygen atoms in total. The Bertz CT molecular complexity index is 118. The molecule has 0 N–H and O–H groups in total. The summed E-state index contributed by atoms with van der Waals surface area (Å²) in [5.41, 5.74) is 0. The molecule has 58 valence electrons. The van der Waals surface area contributed by atoms with Gasteiger partial charge in [0, 0.05) is 12.8 Å². The van der Waals surface area contributed by atoms with Crippen molar-refractivity contribution in [2.45, 2.75) is 32.5 Å². The van der Waals surface area contributed by atoms with Crippen LogP contribution in [0.5, 0.6) is 0 Å². The van der Waals surface area contributed by atoms with Gasteiger partial charge in [0.2, 0.25) is 0 Å². The van der Waals surface area contributed by atoms with Crippen molar-refractivity contribution < 1.29 is 9.47 Å². The first kappa shape index (κ1) is 7.61. The fourth-order valence-corrected chi connectivity index (χ4v) is 0.961. The van der Waals surface area contributed by atoms with Crippen molar-refractivity contribution in [1.82, 2.24) is 0 Å². The van der Waals surface area contributed by atoms with Crippen molar-refractivity contribution in [3.63, 3.8) is 0 Å². The lowest BCUT2D eigenvalue weighted by Gasteiger charge is -2.25. The van der Waals surface area contributed by atoms with Gasteiger partial charge in [-0.15, -0.1) is 0 Å². The average Bonchev–Trinajstić information content (AvgIpc) is 1.88. The number of rotatable bonds is 2. The summed E-state index contributed by atoms with van der Waals surface area (Å²) >= 11 is 0. The van der Waals surface area contributed by atoms with Crippen molar-refractivity contribution in [2.24, 2.45) is 0 Å². The minimum atomic E-state index is -0.0220. The third kappa shape index (κ3) is 2.03. The highest BCUT2D eigenvalue weighted by Gasteiger charge is 2.15. The Morgan fingerprint density at radius 2 is 2.50 bits per heavy atom. The smallest absolute Gasteiger partial charge is 0.199 e. The van der Waals surface area contributed by atoms with Crippen LogP contribution in [-0.2, 0) is 9.47 Å². The molecule has 0 spiro atoms. The van der Waals surface area contributed by atoms with Crippen molar-refractivity contribution in [2.75, 3.05) is 6.61 Å². The second-order valence-corrected chi connectivity index (χ2v) is 2.50. The second-order valence-electron chi connectivity index (χ2n) is 2.50. The molecule has 1 unspecified atom stereocenters. The van der Waals surface area contributed by atoms with Gasteiger partial charge in [-0.2, -0.15) is 0 Å². The maximum absolute atomic E-state index is 5.31. The Balaban J connectivity index is 2.25. The predicted molar refractivity (Wildman–Crippen MR) is 39.5 cm³/mol. The van der Waals surface area contributed by atoms with E-state index in [1.54, 1.807) is 0 Å². The van der Waals surface area contributed by atoms with E-state index in [1.807, 2.05) is 0 Å². The summed E-state index contributed by atoms with van der Waals surface area (Å²) in [6, 6.07) is 0. The van der Waals surface area contributed by atoms with Gasteiger partial charge in [-0.25, -0.2) is 0 Å². The lowest BCUT2D eigenvalue weighted by Crippen LogP contribution is -2.22. The van der Waals surface area contributed by atoms with Crippen molar-refractivity contribution in [3.05, 3.63) is 12.3 Å². The van der Waals surface area contributed by atoms with E-state index in [1.165, 1.54) is 0 Å². The summed E-state index contributed by atoms with van der Waals surface area (Å²) in [5, 5.41) is 0. The molecule has 1 rings (SSSR count). The molecule has 0 radical (unpaired) electrons. The highest BCUT2D eigenvalue weighted by Crippen LogP contribution is 2.16. The standard InChI is InChI=1S/C8H14O2/c1-3-4-8-9-6-5-7(2)10-8/h8H,2-6H2,1H3. The van der Waals surface area contributed by atoms with Crippen molar-refractivity contribution >= 4 is 0 Å². The lowest BCUT2D eigenvalue weighted by molar-refractivity contribution is -0.150. The summed E-state index contributed by atoms with van der Waals surface area (Å²) in [5.74, 6) is 0.865. The maximum atomic E-state index is 5.31. The quantitative estimate of drug-likeness (QED) is 0.587. The van der Waals surface area contributed by atoms with Gasteiger partial charge in [-0.05, 0) is 0 Å². The molecule has 1 saturated heterocycles. The van der Waals surface area contributed by atoms with Crippen LogP contribution in [0.4, 0.5) is 0 Å². The highest BCUT2D eigenvalue weighted by molar-refractivity contribution is 4.84. The Kier molecular flexibility index (Phi) is 2.75. The molecule has 0 bridgehead atoms. The number of hydrogen-bond acceptors (Lipinski definition) is 2. The molecule has 0 aliphatic carbocycles. The van der Waals surface area contributed by atoms with Gasteiger partial charge < -0.3 is 9.47 Å². The fraction of sp³-hybridized carbons (Fsp3) is 0.750. The van der Waals surface area contributed by atoms with E-state index in [9.17, 15) is 0 Å². The average molecular weight is 142 g/mol. The molecule has 0 aromatic carbocycles. The molecule has 0 amide bonds. The van der Waals surface area contributed by atoms with E-state index < -0.39 is 0 Å². The van der Waals surface area contributed by atoms with Crippen LogP contribution >= 0.6 is 0 Å². The molecule has 1 atom stereocenters. The molecule has 1 fully saturated rings. The molecule has 1 aliphatic heterocycles. The van der Waals surface area contributed by atoms with E-state index in [4.69, 9.17) is 9.47 Å². The topological polar surface area (TPSA) is 18.5 Å². The molecular weight excluding hydrogens is 128 g/mol. The van der Waals surface area contributed by atoms with Crippen LogP contribution in [0, 0.1) is 0 Å². The van der Waals surface area contributed by atoms with Gasteiger partial charge in [0.1, 0.15) is 0 Å². The Hall–Kier alpha value is -0.500. The Morgan fingerprint density at radius 3 is 3.10 bits per heavy atom. The van der Waals surface area contributed by atoms with E-state index in [2.05, 4.69) is 13.5 Å². The fourth-order valence-electron chi connectivity index (χ4n) is 0.961. The Morgan fingerprint density at radius 1 is 1.70 bits per heavy atom. The zero-order chi connectivity index (χ0) is 7.40. The summed E-state index contributed by atoms with van der Waals surface area (Å²) < 4.78 is 10.6. The molecule has 1 aliphatic rings. The van der Waals surface area contributed by atoms with E-state index >= 15 is 0 Å².